The highest BCUT2D eigenvalue weighted by atomic mass is 79.9. The number of benzene rings is 4. The van der Waals surface area contributed by atoms with Gasteiger partial charge >= 0.3 is 5.51 Å². The van der Waals surface area contributed by atoms with Gasteiger partial charge in [0.2, 0.25) is 5.91 Å². The molecule has 1 saturated carbocycles. The van der Waals surface area contributed by atoms with Gasteiger partial charge in [-0.05, 0) is 157 Å². The van der Waals surface area contributed by atoms with Crippen LogP contribution in [0.4, 0.5) is 18.9 Å². The number of carbonyl (C=O) groups is 1. The van der Waals surface area contributed by atoms with Crippen LogP contribution in [0.5, 0.6) is 0 Å². The van der Waals surface area contributed by atoms with Crippen molar-refractivity contribution >= 4 is 56.5 Å². The topological polar surface area (TPSA) is 122 Å². The Bertz CT molecular complexity index is 2700. The molecule has 1 aromatic heterocycles. The second-order valence-corrected chi connectivity index (χ2v) is 20.1. The molecule has 70 heavy (non-hydrogen) atoms. The maximum atomic E-state index is 12.8. The van der Waals surface area contributed by atoms with Gasteiger partial charge < -0.3 is 14.9 Å². The first-order chi connectivity index (χ1) is 33.5. The minimum absolute atomic E-state index is 0.0521. The summed E-state index contributed by atoms with van der Waals surface area (Å²) in [6.45, 7) is 20.2. The molecule has 0 bridgehead atoms. The molecule has 1 amide bonds. The Morgan fingerprint density at radius 2 is 1.64 bits per heavy atom. The smallest absolute Gasteiger partial charge is 0.455 e. The molecule has 0 spiro atoms. The van der Waals surface area contributed by atoms with Gasteiger partial charge in [-0.15, -0.1) is 0 Å². The first-order valence-corrected chi connectivity index (χ1v) is 25.7. The van der Waals surface area contributed by atoms with Gasteiger partial charge in [-0.25, -0.2) is 0 Å². The van der Waals surface area contributed by atoms with Crippen molar-refractivity contribution < 1.29 is 22.4 Å². The van der Waals surface area contributed by atoms with Crippen LogP contribution in [0.15, 0.2) is 153 Å². The summed E-state index contributed by atoms with van der Waals surface area (Å²) >= 11 is 3.29. The van der Waals surface area contributed by atoms with Crippen LogP contribution in [-0.4, -0.2) is 41.1 Å². The first-order valence-electron chi connectivity index (χ1n) is 24.1. The second-order valence-electron chi connectivity index (χ2n) is 18.4. The van der Waals surface area contributed by atoms with Crippen LogP contribution in [0.1, 0.15) is 96.3 Å². The molecule has 3 atom stereocenters. The average Bonchev–Trinajstić information content (AvgIpc) is 4.05. The number of allylic oxidation sites excluding steroid dienone is 6. The standard InChI is InChI=1S/C32H42N2.C25H26BrF3N4O2S/c1-7-27(23-34-33)22-31-11-9-10-12-32(31)30-19-16-28(17-20-30)15-13-25(5)14-18-29(8-2)26(6)21-24(3)4;1-2-19-31-21(14-8-9-14)22(24(30)34)33(19)12-13-7-10-18-16(11-13)20(26)23(35-18)15-5-3-4-6-17(15)32-36-25(27,28)29/h8-12,16-17,19-22,34H,2,5,7,13-15,18,23,33H2,1,3-4,6H3;3-7,10-11,14,19,21-22,31-32H,2,8-9,12H2,1H3,(H2,30,34)/b27-22?,29-26+;. The molecule has 2 fully saturated rings. The Morgan fingerprint density at radius 3 is 2.27 bits per heavy atom. The van der Waals surface area contributed by atoms with E-state index >= 15 is 0 Å². The van der Waals surface area contributed by atoms with Crippen LogP contribution in [0.25, 0.3) is 39.5 Å². The molecule has 372 valence electrons. The van der Waals surface area contributed by atoms with E-state index in [9.17, 15) is 18.0 Å². The molecule has 1 saturated heterocycles. The van der Waals surface area contributed by atoms with E-state index in [1.54, 1.807) is 24.3 Å². The minimum atomic E-state index is -4.42. The van der Waals surface area contributed by atoms with Crippen molar-refractivity contribution in [3.05, 3.63) is 165 Å². The largest absolute Gasteiger partial charge is 0.461 e. The second kappa shape index (κ2) is 25.3. The normalized spacial score (nSPS) is 17.7. The van der Waals surface area contributed by atoms with E-state index in [1.807, 2.05) is 24.3 Å². The molecule has 13 heteroatoms. The number of halogens is 4. The number of rotatable bonds is 21. The van der Waals surface area contributed by atoms with Gasteiger partial charge in [0.05, 0.1) is 28.3 Å². The number of primary amides is 1. The Kier molecular flexibility index (Phi) is 19.6. The number of amides is 1. The Labute approximate surface area is 425 Å². The molecule has 2 aliphatic rings. The lowest BCUT2D eigenvalue weighted by Gasteiger charge is -2.28. The van der Waals surface area contributed by atoms with Gasteiger partial charge in [-0.3, -0.25) is 26.3 Å². The van der Waals surface area contributed by atoms with E-state index in [1.165, 1.54) is 50.1 Å². The zero-order valence-corrected chi connectivity index (χ0v) is 43.4. The van der Waals surface area contributed by atoms with Crippen LogP contribution in [-0.2, 0) is 17.8 Å². The highest BCUT2D eigenvalue weighted by molar-refractivity contribution is 9.10. The van der Waals surface area contributed by atoms with Crippen LogP contribution in [0.3, 0.4) is 0 Å². The number of nitrogens with two attached hydrogens (primary N) is 2. The first kappa shape index (κ1) is 54.2. The summed E-state index contributed by atoms with van der Waals surface area (Å²) in [7, 11) is 0. The monoisotopic (exact) mass is 1040 g/mol. The summed E-state index contributed by atoms with van der Waals surface area (Å²) in [6, 6.07) is 29.7. The van der Waals surface area contributed by atoms with Gasteiger partial charge in [0.15, 0.2) is 5.76 Å². The van der Waals surface area contributed by atoms with Gasteiger partial charge in [0.1, 0.15) is 11.6 Å². The number of hydrogen-bond acceptors (Lipinski definition) is 8. The van der Waals surface area contributed by atoms with E-state index in [4.69, 9.17) is 16.0 Å². The molecular weight excluding hydrogens is 970 g/mol. The molecule has 5 aromatic rings. The fourth-order valence-corrected chi connectivity index (χ4v) is 10.2. The van der Waals surface area contributed by atoms with E-state index in [0.717, 1.165) is 62.3 Å². The number of para-hydroxylation sites is 1. The fourth-order valence-electron chi connectivity index (χ4n) is 9.15. The lowest BCUT2D eigenvalue weighted by molar-refractivity contribution is -0.123. The quantitative estimate of drug-likeness (QED) is 0.0162. The number of aryl methyl sites for hydroxylation is 1. The average molecular weight is 1040 g/mol. The number of hydrazine groups is 1. The molecule has 7 rings (SSSR count). The number of nitrogens with one attached hydrogen (secondary N) is 3. The zero-order chi connectivity index (χ0) is 50.5. The number of carbonyl (C=O) groups excluding carboxylic acids is 1. The van der Waals surface area contributed by atoms with Crippen molar-refractivity contribution in [1.29, 1.82) is 0 Å². The van der Waals surface area contributed by atoms with Crippen molar-refractivity contribution in [2.45, 2.75) is 116 Å². The van der Waals surface area contributed by atoms with Crippen molar-refractivity contribution in [3.63, 3.8) is 0 Å². The van der Waals surface area contributed by atoms with Gasteiger partial charge in [0.25, 0.3) is 0 Å². The van der Waals surface area contributed by atoms with Gasteiger partial charge in [-0.1, -0.05) is 129 Å². The van der Waals surface area contributed by atoms with Crippen LogP contribution >= 0.6 is 27.9 Å². The number of furan rings is 1. The Morgan fingerprint density at radius 1 is 0.957 bits per heavy atom. The lowest BCUT2D eigenvalue weighted by Crippen LogP contribution is -2.47. The highest BCUT2D eigenvalue weighted by Gasteiger charge is 2.49. The zero-order valence-electron chi connectivity index (χ0n) is 41.0. The summed E-state index contributed by atoms with van der Waals surface area (Å²) < 4.78 is 47.4. The Balaban J connectivity index is 0.000000230. The predicted molar refractivity (Wildman–Crippen MR) is 290 cm³/mol. The SMILES string of the molecule is C=C/C(CCC(=C)CCc1ccc(-c2ccccc2C=C(CC)CNN)cc1)=C(/C)C=C(C)C.CCC1NC(C2CC2)C(C(N)=O)N1Cc1ccc2oc(-c3ccccc3NSC(F)(F)F)c(Br)c2c1. The third kappa shape index (κ3) is 14.7. The van der Waals surface area contributed by atoms with E-state index in [0.29, 0.717) is 46.1 Å². The van der Waals surface area contributed by atoms with Crippen molar-refractivity contribution in [2.75, 3.05) is 11.3 Å². The van der Waals surface area contributed by atoms with Crippen LogP contribution in [0, 0.1) is 5.92 Å². The lowest BCUT2D eigenvalue weighted by atomic mass is 9.94. The molecule has 4 aromatic carbocycles. The molecule has 8 nitrogen and oxygen atoms in total. The van der Waals surface area contributed by atoms with Crippen molar-refractivity contribution in [1.82, 2.24) is 15.6 Å². The maximum absolute atomic E-state index is 12.8. The molecule has 0 radical (unpaired) electrons. The van der Waals surface area contributed by atoms with Crippen molar-refractivity contribution in [3.8, 4) is 22.5 Å². The van der Waals surface area contributed by atoms with Gasteiger partial charge in [-0.2, -0.15) is 13.2 Å². The van der Waals surface area contributed by atoms with E-state index in [-0.39, 0.29) is 36.1 Å². The van der Waals surface area contributed by atoms with E-state index in [2.05, 4.69) is 145 Å². The van der Waals surface area contributed by atoms with Crippen molar-refractivity contribution in [2.24, 2.45) is 17.5 Å². The predicted octanol–water partition coefficient (Wildman–Crippen LogP) is 14.6. The fraction of sp³-hybridized carbons (Fsp3) is 0.351. The summed E-state index contributed by atoms with van der Waals surface area (Å²) in [5.41, 5.74) is 18.2. The molecule has 3 unspecified atom stereocenters. The highest BCUT2D eigenvalue weighted by Crippen LogP contribution is 2.44. The summed E-state index contributed by atoms with van der Waals surface area (Å²) in [5, 5.41) is 4.42. The van der Waals surface area contributed by atoms with Gasteiger partial charge in [0, 0.05) is 30.1 Å². The molecule has 1 aliphatic carbocycles. The molecular formula is C57H68BrF3N6O2S. The number of nitrogens with zero attached hydrogens (tertiary/aromatic N) is 1. The van der Waals surface area contributed by atoms with Crippen LogP contribution in [0.2, 0.25) is 0 Å². The van der Waals surface area contributed by atoms with Crippen LogP contribution < -0.4 is 27.0 Å². The molecule has 2 heterocycles. The Hall–Kier alpha value is -5.15. The minimum Gasteiger partial charge on any atom is -0.455 e. The summed E-state index contributed by atoms with van der Waals surface area (Å²) in [4.78, 5) is 14.6. The third-order valence-electron chi connectivity index (χ3n) is 12.9. The van der Waals surface area contributed by atoms with E-state index < -0.39 is 5.51 Å². The summed E-state index contributed by atoms with van der Waals surface area (Å²) in [5.74, 6) is 6.14. The third-order valence-corrected chi connectivity index (χ3v) is 14.3. The maximum Gasteiger partial charge on any atom is 0.461 e. The molecule has 1 aliphatic heterocycles. The number of anilines is 1. The number of hydrogen-bond donors (Lipinski definition) is 5. The molecule has 7 N–H and O–H groups in total. The number of fused-ring (bicyclic) bond motifs is 1. The number of alkyl halides is 3. The summed E-state index contributed by atoms with van der Waals surface area (Å²) in [6.07, 6.45) is 14.6.